The van der Waals surface area contributed by atoms with Crippen LogP contribution >= 0.6 is 0 Å². The minimum atomic E-state index is -0.0772. The van der Waals surface area contributed by atoms with E-state index in [2.05, 4.69) is 10.4 Å². The summed E-state index contributed by atoms with van der Waals surface area (Å²) in [6.07, 6.45) is 0. The largest absolute Gasteiger partial charge is 0.497 e. The van der Waals surface area contributed by atoms with Crippen molar-refractivity contribution in [1.29, 1.82) is 0 Å². The van der Waals surface area contributed by atoms with Gasteiger partial charge in [0.1, 0.15) is 5.75 Å². The summed E-state index contributed by atoms with van der Waals surface area (Å²) in [6.45, 7) is 0.526. The van der Waals surface area contributed by atoms with Crippen molar-refractivity contribution < 1.29 is 4.74 Å². The monoisotopic (exact) mass is 259 g/mol. The molecule has 0 spiro atoms. The lowest BCUT2D eigenvalue weighted by Gasteiger charge is -2.08. The van der Waals surface area contributed by atoms with E-state index >= 15 is 0 Å². The molecule has 0 saturated heterocycles. The van der Waals surface area contributed by atoms with Crippen molar-refractivity contribution >= 4 is 0 Å². The van der Waals surface area contributed by atoms with Gasteiger partial charge >= 0.3 is 0 Å². The number of rotatable bonds is 4. The Balaban J connectivity index is 2.46. The summed E-state index contributed by atoms with van der Waals surface area (Å²) in [5.74, 6) is 0.795. The van der Waals surface area contributed by atoms with Gasteiger partial charge in [-0.05, 0) is 37.4 Å². The Morgan fingerprint density at radius 2 is 2.00 bits per heavy atom. The number of aryl methyl sites for hydroxylation is 1. The van der Waals surface area contributed by atoms with Crippen LogP contribution in [0, 0.1) is 0 Å². The Bertz CT molecular complexity index is 618. The molecule has 2 rings (SSSR count). The molecule has 1 aromatic heterocycles. The maximum Gasteiger partial charge on any atom is 0.271 e. The van der Waals surface area contributed by atoms with E-state index in [4.69, 9.17) is 4.74 Å². The number of benzene rings is 1. The summed E-state index contributed by atoms with van der Waals surface area (Å²) < 4.78 is 6.49. The number of hydrogen-bond donors (Lipinski definition) is 1. The van der Waals surface area contributed by atoms with Crippen LogP contribution in [0.25, 0.3) is 11.3 Å². The van der Waals surface area contributed by atoms with Gasteiger partial charge in [-0.15, -0.1) is 0 Å². The molecule has 0 fully saturated rings. The fourth-order valence-corrected chi connectivity index (χ4v) is 1.89. The molecule has 5 heteroatoms. The van der Waals surface area contributed by atoms with Crippen LogP contribution in [0.3, 0.4) is 0 Å². The first-order valence-corrected chi connectivity index (χ1v) is 6.02. The van der Waals surface area contributed by atoms with E-state index in [0.717, 1.165) is 17.0 Å². The molecule has 0 aliphatic carbocycles. The first-order chi connectivity index (χ1) is 9.15. The van der Waals surface area contributed by atoms with Gasteiger partial charge in [0, 0.05) is 24.7 Å². The van der Waals surface area contributed by atoms with Crippen LogP contribution in [0.4, 0.5) is 0 Å². The van der Waals surface area contributed by atoms with Crippen molar-refractivity contribution in [2.45, 2.75) is 6.54 Å². The molecule has 2 aromatic rings. The number of ether oxygens (including phenoxy) is 1. The third kappa shape index (κ3) is 2.82. The zero-order chi connectivity index (χ0) is 13.8. The highest BCUT2D eigenvalue weighted by Gasteiger charge is 2.07. The molecule has 0 atom stereocenters. The van der Waals surface area contributed by atoms with Gasteiger partial charge in [0.15, 0.2) is 0 Å². The number of aromatic nitrogens is 2. The van der Waals surface area contributed by atoms with Gasteiger partial charge in [0.05, 0.1) is 12.8 Å². The lowest BCUT2D eigenvalue weighted by molar-refractivity contribution is 0.415. The van der Waals surface area contributed by atoms with Gasteiger partial charge in [-0.2, -0.15) is 5.10 Å². The third-order valence-electron chi connectivity index (χ3n) is 2.89. The molecule has 1 N–H and O–H groups in total. The van der Waals surface area contributed by atoms with Crippen molar-refractivity contribution in [3.05, 3.63) is 46.2 Å². The van der Waals surface area contributed by atoms with Crippen molar-refractivity contribution in [2.24, 2.45) is 7.05 Å². The highest BCUT2D eigenvalue weighted by molar-refractivity contribution is 5.60. The fourth-order valence-electron chi connectivity index (χ4n) is 1.89. The lowest BCUT2D eigenvalue weighted by atomic mass is 10.1. The second-order valence-electron chi connectivity index (χ2n) is 4.24. The highest BCUT2D eigenvalue weighted by atomic mass is 16.5. The summed E-state index contributed by atoms with van der Waals surface area (Å²) in [4.78, 5) is 11.9. The van der Waals surface area contributed by atoms with Crippen LogP contribution in [0.2, 0.25) is 0 Å². The van der Waals surface area contributed by atoms with Crippen LogP contribution in [-0.2, 0) is 13.6 Å². The topological polar surface area (TPSA) is 56.1 Å². The van der Waals surface area contributed by atoms with Gasteiger partial charge in [-0.1, -0.05) is 0 Å². The quantitative estimate of drug-likeness (QED) is 0.895. The maximum absolute atomic E-state index is 11.9. The zero-order valence-corrected chi connectivity index (χ0v) is 11.3. The lowest BCUT2D eigenvalue weighted by Crippen LogP contribution is -2.26. The molecule has 0 amide bonds. The molecule has 1 aromatic carbocycles. The van der Waals surface area contributed by atoms with E-state index in [0.29, 0.717) is 12.1 Å². The van der Waals surface area contributed by atoms with E-state index in [1.165, 1.54) is 4.68 Å². The summed E-state index contributed by atoms with van der Waals surface area (Å²) in [5, 5.41) is 7.26. The number of methoxy groups -OCH3 is 1. The number of nitrogens with one attached hydrogen (secondary N) is 1. The van der Waals surface area contributed by atoms with Gasteiger partial charge in [0.25, 0.3) is 5.56 Å². The highest BCUT2D eigenvalue weighted by Crippen LogP contribution is 2.20. The van der Waals surface area contributed by atoms with Gasteiger partial charge in [-0.25, -0.2) is 4.68 Å². The zero-order valence-electron chi connectivity index (χ0n) is 11.3. The second-order valence-corrected chi connectivity index (χ2v) is 4.24. The first kappa shape index (κ1) is 13.3. The Kier molecular flexibility index (Phi) is 3.97. The van der Waals surface area contributed by atoms with Crippen molar-refractivity contribution in [1.82, 2.24) is 15.1 Å². The molecular formula is C14H17N3O2. The minimum Gasteiger partial charge on any atom is -0.497 e. The molecular weight excluding hydrogens is 242 g/mol. The molecule has 1 heterocycles. The number of nitrogens with zero attached hydrogens (tertiary/aromatic N) is 2. The summed E-state index contributed by atoms with van der Waals surface area (Å²) in [5.41, 5.74) is 2.35. The van der Waals surface area contributed by atoms with E-state index in [9.17, 15) is 4.79 Å². The number of hydrogen-bond acceptors (Lipinski definition) is 4. The van der Waals surface area contributed by atoms with Gasteiger partial charge in [-0.3, -0.25) is 4.79 Å². The SMILES string of the molecule is CNCc1cc(-c2ccc(OC)cc2)nn(C)c1=O. The normalized spacial score (nSPS) is 10.5. The van der Waals surface area contributed by atoms with E-state index in [-0.39, 0.29) is 5.56 Å². The summed E-state index contributed by atoms with van der Waals surface area (Å²) in [7, 11) is 5.10. The first-order valence-electron chi connectivity index (χ1n) is 6.02. The van der Waals surface area contributed by atoms with E-state index in [1.54, 1.807) is 14.2 Å². The van der Waals surface area contributed by atoms with Crippen LogP contribution in [0.5, 0.6) is 5.75 Å². The molecule has 5 nitrogen and oxygen atoms in total. The van der Waals surface area contributed by atoms with E-state index in [1.807, 2.05) is 37.4 Å². The molecule has 0 bridgehead atoms. The second kappa shape index (κ2) is 5.67. The standard InChI is InChI=1S/C14H17N3O2/c1-15-9-11-8-13(16-17(2)14(11)18)10-4-6-12(19-3)7-5-10/h4-8,15H,9H2,1-3H3. The maximum atomic E-state index is 11.9. The minimum absolute atomic E-state index is 0.0772. The Labute approximate surface area is 111 Å². The molecule has 100 valence electrons. The predicted molar refractivity (Wildman–Crippen MR) is 74.2 cm³/mol. The van der Waals surface area contributed by atoms with Crippen molar-refractivity contribution in [3.8, 4) is 17.0 Å². The molecule has 0 aliphatic rings. The Morgan fingerprint density at radius 3 is 2.58 bits per heavy atom. The van der Waals surface area contributed by atoms with Gasteiger partial charge in [0.2, 0.25) is 0 Å². The average Bonchev–Trinajstić information content (AvgIpc) is 2.44. The smallest absolute Gasteiger partial charge is 0.271 e. The van der Waals surface area contributed by atoms with Crippen LogP contribution in [0.1, 0.15) is 5.56 Å². The van der Waals surface area contributed by atoms with Crippen LogP contribution < -0.4 is 15.6 Å². The Hall–Kier alpha value is -2.14. The molecule has 0 unspecified atom stereocenters. The Morgan fingerprint density at radius 1 is 1.32 bits per heavy atom. The molecule has 0 saturated carbocycles. The van der Waals surface area contributed by atoms with Gasteiger partial charge < -0.3 is 10.1 Å². The predicted octanol–water partition coefficient (Wildman–Crippen LogP) is 1.18. The fraction of sp³-hybridized carbons (Fsp3) is 0.286. The average molecular weight is 259 g/mol. The summed E-state index contributed by atoms with van der Waals surface area (Å²) >= 11 is 0. The summed E-state index contributed by atoms with van der Waals surface area (Å²) in [6, 6.07) is 9.42. The molecule has 0 aliphatic heterocycles. The van der Waals surface area contributed by atoms with Crippen LogP contribution in [0.15, 0.2) is 35.1 Å². The van der Waals surface area contributed by atoms with Crippen molar-refractivity contribution in [2.75, 3.05) is 14.2 Å². The van der Waals surface area contributed by atoms with Crippen LogP contribution in [-0.4, -0.2) is 23.9 Å². The third-order valence-corrected chi connectivity index (χ3v) is 2.89. The van der Waals surface area contributed by atoms with Crippen molar-refractivity contribution in [3.63, 3.8) is 0 Å². The van der Waals surface area contributed by atoms with E-state index < -0.39 is 0 Å². The molecule has 0 radical (unpaired) electrons. The molecule has 19 heavy (non-hydrogen) atoms.